The van der Waals surface area contributed by atoms with E-state index in [1.807, 2.05) is 0 Å². The maximum absolute atomic E-state index is 10.7. The second-order valence-electron chi connectivity index (χ2n) is 3.27. The maximum atomic E-state index is 10.7. The molecule has 0 aromatic heterocycles. The van der Waals surface area contributed by atoms with Crippen LogP contribution in [0.5, 0.6) is 0 Å². The van der Waals surface area contributed by atoms with Crippen LogP contribution in [0.4, 0.5) is 0 Å². The van der Waals surface area contributed by atoms with Crippen LogP contribution >= 0.6 is 11.8 Å². The average molecular weight is 206 g/mol. The molecule has 1 aliphatic rings. The Kier molecular flexibility index (Phi) is 4.02. The highest BCUT2D eigenvalue weighted by atomic mass is 32.2. The summed E-state index contributed by atoms with van der Waals surface area (Å²) in [5.74, 6) is -0.240. The molecule has 4 nitrogen and oxygen atoms in total. The van der Waals surface area contributed by atoms with E-state index in [2.05, 4.69) is 0 Å². The van der Waals surface area contributed by atoms with Gasteiger partial charge in [0.1, 0.15) is 5.25 Å². The van der Waals surface area contributed by atoms with Crippen molar-refractivity contribution in [2.75, 3.05) is 12.4 Å². The zero-order chi connectivity index (χ0) is 9.84. The number of carboxylic acids is 1. The summed E-state index contributed by atoms with van der Waals surface area (Å²) in [6.07, 6.45) is 1.14. The second-order valence-corrected chi connectivity index (χ2v) is 4.44. The second kappa shape index (κ2) is 4.83. The first kappa shape index (κ1) is 10.8. The third-order valence-electron chi connectivity index (χ3n) is 1.97. The van der Waals surface area contributed by atoms with Crippen LogP contribution in [-0.4, -0.2) is 45.0 Å². The fraction of sp³-hybridized carbons (Fsp3) is 0.875. The Hall–Kier alpha value is -0.260. The van der Waals surface area contributed by atoms with Gasteiger partial charge < -0.3 is 15.3 Å². The van der Waals surface area contributed by atoms with Gasteiger partial charge in [-0.3, -0.25) is 4.79 Å². The molecule has 2 atom stereocenters. The number of hydrogen-bond donors (Lipinski definition) is 3. The average Bonchev–Trinajstić information content (AvgIpc) is 2.87. The van der Waals surface area contributed by atoms with Gasteiger partial charge in [0.25, 0.3) is 0 Å². The number of rotatable bonds is 6. The Morgan fingerprint density at radius 2 is 2.15 bits per heavy atom. The minimum atomic E-state index is -0.808. The number of aliphatic carboxylic acids is 1. The highest BCUT2D eigenvalue weighted by molar-refractivity contribution is 8.00. The minimum Gasteiger partial charge on any atom is -0.480 e. The van der Waals surface area contributed by atoms with Crippen molar-refractivity contribution in [2.24, 2.45) is 5.92 Å². The molecule has 0 aliphatic heterocycles. The molecule has 0 aromatic rings. The lowest BCUT2D eigenvalue weighted by Gasteiger charge is -2.12. The fourth-order valence-electron chi connectivity index (χ4n) is 1.08. The summed E-state index contributed by atoms with van der Waals surface area (Å²) in [4.78, 5) is 10.7. The first-order chi connectivity index (χ1) is 6.15. The molecule has 1 rings (SSSR count). The van der Waals surface area contributed by atoms with Crippen LogP contribution in [0.3, 0.4) is 0 Å². The molecule has 2 unspecified atom stereocenters. The van der Waals surface area contributed by atoms with Crippen molar-refractivity contribution in [1.82, 2.24) is 0 Å². The summed E-state index contributed by atoms with van der Waals surface area (Å²) in [5, 5.41) is 26.0. The van der Waals surface area contributed by atoms with E-state index in [1.165, 1.54) is 11.8 Å². The van der Waals surface area contributed by atoms with Crippen LogP contribution in [0.2, 0.25) is 0 Å². The molecule has 1 saturated carbocycles. The fourth-order valence-corrected chi connectivity index (χ4v) is 2.30. The SMILES string of the molecule is O=C(O)C(SCC(O)CO)C1CC1. The van der Waals surface area contributed by atoms with Crippen LogP contribution in [0.15, 0.2) is 0 Å². The number of hydrogen-bond acceptors (Lipinski definition) is 4. The van der Waals surface area contributed by atoms with Crippen molar-refractivity contribution in [3.63, 3.8) is 0 Å². The number of carbonyl (C=O) groups is 1. The Morgan fingerprint density at radius 3 is 2.54 bits per heavy atom. The normalized spacial score (nSPS) is 21.1. The highest BCUT2D eigenvalue weighted by Crippen LogP contribution is 2.39. The number of aliphatic hydroxyl groups excluding tert-OH is 2. The van der Waals surface area contributed by atoms with Crippen molar-refractivity contribution in [1.29, 1.82) is 0 Å². The van der Waals surface area contributed by atoms with Gasteiger partial charge in [-0.15, -0.1) is 11.8 Å². The number of aliphatic hydroxyl groups is 2. The number of thioether (sulfide) groups is 1. The molecule has 0 heterocycles. The Morgan fingerprint density at radius 1 is 1.54 bits per heavy atom. The molecule has 0 bridgehead atoms. The van der Waals surface area contributed by atoms with Gasteiger partial charge >= 0.3 is 5.97 Å². The van der Waals surface area contributed by atoms with E-state index in [-0.39, 0.29) is 12.5 Å². The van der Waals surface area contributed by atoms with E-state index in [1.54, 1.807) is 0 Å². The van der Waals surface area contributed by atoms with Gasteiger partial charge in [-0.25, -0.2) is 0 Å². The Balaban J connectivity index is 2.26. The molecule has 0 aromatic carbocycles. The molecule has 1 aliphatic carbocycles. The lowest BCUT2D eigenvalue weighted by atomic mass is 10.3. The molecule has 5 heteroatoms. The molecule has 1 fully saturated rings. The molecule has 0 saturated heterocycles. The highest BCUT2D eigenvalue weighted by Gasteiger charge is 2.36. The summed E-state index contributed by atoms with van der Waals surface area (Å²) in [7, 11) is 0. The van der Waals surface area contributed by atoms with Crippen LogP contribution < -0.4 is 0 Å². The van der Waals surface area contributed by atoms with Gasteiger partial charge in [-0.1, -0.05) is 0 Å². The van der Waals surface area contributed by atoms with E-state index < -0.39 is 17.3 Å². The molecule has 76 valence electrons. The predicted molar refractivity (Wildman–Crippen MR) is 49.7 cm³/mol. The molecular formula is C8H14O4S. The van der Waals surface area contributed by atoms with Crippen molar-refractivity contribution in [3.05, 3.63) is 0 Å². The summed E-state index contributed by atoms with van der Waals surface area (Å²) >= 11 is 1.22. The van der Waals surface area contributed by atoms with E-state index in [9.17, 15) is 4.79 Å². The van der Waals surface area contributed by atoms with Crippen LogP contribution in [0.25, 0.3) is 0 Å². The monoisotopic (exact) mass is 206 g/mol. The molecule has 0 spiro atoms. The minimum absolute atomic E-state index is 0.272. The largest absolute Gasteiger partial charge is 0.480 e. The zero-order valence-corrected chi connectivity index (χ0v) is 8.04. The number of carboxylic acid groups (broad SMARTS) is 1. The van der Waals surface area contributed by atoms with Gasteiger partial charge in [0, 0.05) is 5.75 Å². The lowest BCUT2D eigenvalue weighted by Crippen LogP contribution is -2.23. The van der Waals surface area contributed by atoms with Gasteiger partial charge in [0.15, 0.2) is 0 Å². The van der Waals surface area contributed by atoms with Gasteiger partial charge in [-0.05, 0) is 18.8 Å². The van der Waals surface area contributed by atoms with E-state index in [4.69, 9.17) is 15.3 Å². The van der Waals surface area contributed by atoms with Crippen molar-refractivity contribution >= 4 is 17.7 Å². The van der Waals surface area contributed by atoms with Gasteiger partial charge in [0.05, 0.1) is 12.7 Å². The van der Waals surface area contributed by atoms with E-state index in [0.29, 0.717) is 5.75 Å². The van der Waals surface area contributed by atoms with Crippen molar-refractivity contribution < 1.29 is 20.1 Å². The van der Waals surface area contributed by atoms with E-state index >= 15 is 0 Å². The molecular weight excluding hydrogens is 192 g/mol. The Labute approximate surface area is 81.0 Å². The summed E-state index contributed by atoms with van der Waals surface area (Å²) in [6.45, 7) is -0.302. The third kappa shape index (κ3) is 3.54. The molecule has 3 N–H and O–H groups in total. The smallest absolute Gasteiger partial charge is 0.316 e. The zero-order valence-electron chi connectivity index (χ0n) is 7.22. The topological polar surface area (TPSA) is 77.8 Å². The van der Waals surface area contributed by atoms with Crippen LogP contribution in [-0.2, 0) is 4.79 Å². The van der Waals surface area contributed by atoms with Crippen LogP contribution in [0, 0.1) is 5.92 Å². The van der Waals surface area contributed by atoms with Crippen molar-refractivity contribution in [3.8, 4) is 0 Å². The van der Waals surface area contributed by atoms with E-state index in [0.717, 1.165) is 12.8 Å². The first-order valence-electron chi connectivity index (χ1n) is 4.28. The summed E-state index contributed by atoms with van der Waals surface area (Å²) < 4.78 is 0. The maximum Gasteiger partial charge on any atom is 0.316 e. The van der Waals surface area contributed by atoms with Crippen molar-refractivity contribution in [2.45, 2.75) is 24.2 Å². The molecule has 13 heavy (non-hydrogen) atoms. The van der Waals surface area contributed by atoms with Gasteiger partial charge in [0.2, 0.25) is 0 Å². The summed E-state index contributed by atoms with van der Waals surface area (Å²) in [6, 6.07) is 0. The standard InChI is InChI=1S/C8H14O4S/c9-3-6(10)4-13-7(8(11)12)5-1-2-5/h5-7,9-10H,1-4H2,(H,11,12). The lowest BCUT2D eigenvalue weighted by molar-refractivity contribution is -0.136. The van der Waals surface area contributed by atoms with Gasteiger partial charge in [-0.2, -0.15) is 0 Å². The quantitative estimate of drug-likeness (QED) is 0.567. The van der Waals surface area contributed by atoms with Crippen LogP contribution in [0.1, 0.15) is 12.8 Å². The third-order valence-corrected chi connectivity index (χ3v) is 3.50. The summed E-state index contributed by atoms with van der Waals surface area (Å²) in [5.41, 5.74) is 0. The molecule has 0 amide bonds. The molecule has 0 radical (unpaired) electrons. The predicted octanol–water partition coefficient (Wildman–Crippen LogP) is -0.0640. The first-order valence-corrected chi connectivity index (χ1v) is 5.33. The Bertz CT molecular complexity index is 181.